The molecule has 1 N–H and O–H groups in total. The summed E-state index contributed by atoms with van der Waals surface area (Å²) in [5.74, 6) is -4.44. The predicted octanol–water partition coefficient (Wildman–Crippen LogP) is 5.76. The van der Waals surface area contributed by atoms with Crippen LogP contribution < -0.4 is 10.1 Å². The van der Waals surface area contributed by atoms with Crippen LogP contribution in [0.25, 0.3) is 0 Å². The van der Waals surface area contributed by atoms with Crippen LogP contribution in [0.2, 0.25) is 10.0 Å². The number of anilines is 1. The van der Waals surface area contributed by atoms with Gasteiger partial charge in [-0.25, -0.2) is 8.78 Å². The Morgan fingerprint density at radius 1 is 1.08 bits per heavy atom. The molecule has 0 saturated carbocycles. The molecule has 2 aromatic rings. The van der Waals surface area contributed by atoms with Crippen LogP contribution in [0.4, 0.5) is 32.0 Å². The number of hydrogen-bond donors (Lipinski definition) is 1. The summed E-state index contributed by atoms with van der Waals surface area (Å²) in [6.07, 6.45) is -8.99. The first-order valence-corrected chi connectivity index (χ1v) is 7.38. The molecule has 3 nitrogen and oxygen atoms in total. The smallest absolute Gasteiger partial charge is 0.425 e. The number of amides is 1. The van der Waals surface area contributed by atoms with E-state index in [1.54, 1.807) is 0 Å². The average molecular weight is 418 g/mol. The molecule has 0 unspecified atom stereocenters. The second kappa shape index (κ2) is 7.63. The Labute approximate surface area is 152 Å². The zero-order valence-corrected chi connectivity index (χ0v) is 13.8. The number of nitrogens with one attached hydrogen (secondary N) is 1. The van der Waals surface area contributed by atoms with E-state index in [0.29, 0.717) is 0 Å². The van der Waals surface area contributed by atoms with Crippen molar-refractivity contribution in [2.24, 2.45) is 0 Å². The standard InChI is InChI=1S/C15H7Cl2F6NO2/c16-7-4-6(5-8(17)12(7)26-15(22,23)14(20)21)24-13(25)11-9(18)2-1-3-10(11)19/h1-5,14H,(H,24,25). The van der Waals surface area contributed by atoms with Crippen LogP contribution in [0, 0.1) is 11.6 Å². The number of hydrogen-bond acceptors (Lipinski definition) is 2. The highest BCUT2D eigenvalue weighted by Crippen LogP contribution is 2.40. The first-order valence-electron chi connectivity index (χ1n) is 6.62. The van der Waals surface area contributed by atoms with Gasteiger partial charge in [0, 0.05) is 5.69 Å². The molecule has 0 aromatic heterocycles. The van der Waals surface area contributed by atoms with Crippen molar-refractivity contribution in [1.29, 1.82) is 0 Å². The zero-order valence-electron chi connectivity index (χ0n) is 12.3. The lowest BCUT2D eigenvalue weighted by Gasteiger charge is -2.19. The van der Waals surface area contributed by atoms with E-state index in [1.165, 1.54) is 0 Å². The van der Waals surface area contributed by atoms with Crippen LogP contribution in [-0.4, -0.2) is 18.4 Å². The molecule has 140 valence electrons. The van der Waals surface area contributed by atoms with Gasteiger partial charge in [-0.05, 0) is 24.3 Å². The highest BCUT2D eigenvalue weighted by Gasteiger charge is 2.45. The molecular weight excluding hydrogens is 411 g/mol. The van der Waals surface area contributed by atoms with Gasteiger partial charge in [0.1, 0.15) is 17.2 Å². The van der Waals surface area contributed by atoms with Crippen LogP contribution in [0.15, 0.2) is 30.3 Å². The van der Waals surface area contributed by atoms with Crippen molar-refractivity contribution >= 4 is 34.8 Å². The Morgan fingerprint density at radius 2 is 1.58 bits per heavy atom. The lowest BCUT2D eigenvalue weighted by atomic mass is 10.1. The lowest BCUT2D eigenvalue weighted by Crippen LogP contribution is -2.33. The van der Waals surface area contributed by atoms with Crippen molar-refractivity contribution in [2.45, 2.75) is 12.5 Å². The fraction of sp³-hybridized carbons (Fsp3) is 0.133. The Bertz CT molecular complexity index is 804. The van der Waals surface area contributed by atoms with E-state index in [-0.39, 0.29) is 5.69 Å². The Morgan fingerprint density at radius 3 is 2.04 bits per heavy atom. The maximum absolute atomic E-state index is 13.6. The molecule has 2 rings (SSSR count). The summed E-state index contributed by atoms with van der Waals surface area (Å²) < 4.78 is 81.3. The molecule has 0 spiro atoms. The fourth-order valence-electron chi connectivity index (χ4n) is 1.82. The predicted molar refractivity (Wildman–Crippen MR) is 82.4 cm³/mol. The van der Waals surface area contributed by atoms with E-state index in [2.05, 4.69) is 10.1 Å². The van der Waals surface area contributed by atoms with Gasteiger partial charge >= 0.3 is 12.5 Å². The van der Waals surface area contributed by atoms with Gasteiger partial charge in [-0.1, -0.05) is 29.3 Å². The van der Waals surface area contributed by atoms with Gasteiger partial charge in [0.25, 0.3) is 5.91 Å². The van der Waals surface area contributed by atoms with E-state index in [4.69, 9.17) is 23.2 Å². The molecule has 0 aliphatic rings. The van der Waals surface area contributed by atoms with Crippen LogP contribution in [0.3, 0.4) is 0 Å². The van der Waals surface area contributed by atoms with Crippen LogP contribution in [0.5, 0.6) is 5.75 Å². The topological polar surface area (TPSA) is 38.3 Å². The van der Waals surface area contributed by atoms with E-state index in [1.807, 2.05) is 0 Å². The highest BCUT2D eigenvalue weighted by atomic mass is 35.5. The van der Waals surface area contributed by atoms with Crippen molar-refractivity contribution < 1.29 is 35.9 Å². The van der Waals surface area contributed by atoms with Crippen molar-refractivity contribution in [2.75, 3.05) is 5.32 Å². The molecule has 26 heavy (non-hydrogen) atoms. The molecule has 0 fully saturated rings. The Hall–Kier alpha value is -2.13. The minimum atomic E-state index is -4.85. The molecule has 0 heterocycles. The number of carbonyl (C=O) groups excluding carboxylic acids is 1. The van der Waals surface area contributed by atoms with Crippen molar-refractivity contribution in [3.8, 4) is 5.75 Å². The number of alkyl halides is 4. The second-order valence-corrected chi connectivity index (χ2v) is 5.60. The van der Waals surface area contributed by atoms with Gasteiger partial charge in [-0.3, -0.25) is 4.79 Å². The van der Waals surface area contributed by atoms with E-state index < -0.39 is 51.4 Å². The van der Waals surface area contributed by atoms with Crippen LogP contribution in [0.1, 0.15) is 10.4 Å². The van der Waals surface area contributed by atoms with Gasteiger partial charge in [-0.15, -0.1) is 0 Å². The number of benzene rings is 2. The molecule has 0 saturated heterocycles. The fourth-order valence-corrected chi connectivity index (χ4v) is 2.38. The summed E-state index contributed by atoms with van der Waals surface area (Å²) >= 11 is 11.3. The molecule has 0 aliphatic carbocycles. The average Bonchev–Trinajstić information content (AvgIpc) is 2.50. The van der Waals surface area contributed by atoms with Crippen molar-refractivity contribution in [3.63, 3.8) is 0 Å². The zero-order chi connectivity index (χ0) is 19.6. The summed E-state index contributed by atoms with van der Waals surface area (Å²) in [7, 11) is 0. The normalized spacial score (nSPS) is 11.6. The third-order valence-corrected chi connectivity index (χ3v) is 3.50. The number of ether oxygens (including phenoxy) is 1. The third-order valence-electron chi connectivity index (χ3n) is 2.94. The van der Waals surface area contributed by atoms with Gasteiger partial charge in [0.15, 0.2) is 5.75 Å². The molecule has 0 bridgehead atoms. The van der Waals surface area contributed by atoms with Gasteiger partial charge in [0.2, 0.25) is 0 Å². The van der Waals surface area contributed by atoms with E-state index in [9.17, 15) is 31.1 Å². The molecule has 0 aliphatic heterocycles. The van der Waals surface area contributed by atoms with Gasteiger partial charge in [0.05, 0.1) is 10.0 Å². The molecule has 11 heteroatoms. The summed E-state index contributed by atoms with van der Waals surface area (Å²) in [6.45, 7) is 0. The monoisotopic (exact) mass is 417 g/mol. The van der Waals surface area contributed by atoms with Gasteiger partial charge in [-0.2, -0.15) is 17.6 Å². The highest BCUT2D eigenvalue weighted by molar-refractivity contribution is 6.37. The van der Waals surface area contributed by atoms with Gasteiger partial charge < -0.3 is 10.1 Å². The van der Waals surface area contributed by atoms with E-state index >= 15 is 0 Å². The summed E-state index contributed by atoms with van der Waals surface area (Å²) in [5.41, 5.74) is -1.13. The molecule has 0 radical (unpaired) electrons. The first-order chi connectivity index (χ1) is 12.0. The maximum Gasteiger partial charge on any atom is 0.461 e. The third kappa shape index (κ3) is 4.34. The minimum Gasteiger partial charge on any atom is -0.425 e. The van der Waals surface area contributed by atoms with Crippen LogP contribution in [-0.2, 0) is 0 Å². The lowest BCUT2D eigenvalue weighted by molar-refractivity contribution is -0.253. The maximum atomic E-state index is 13.6. The largest absolute Gasteiger partial charge is 0.461 e. The number of rotatable bonds is 5. The SMILES string of the molecule is O=C(Nc1cc(Cl)c(OC(F)(F)C(F)F)c(Cl)c1)c1c(F)cccc1F. The van der Waals surface area contributed by atoms with E-state index in [0.717, 1.165) is 30.3 Å². The summed E-state index contributed by atoms with van der Waals surface area (Å²) in [6, 6.07) is 4.41. The number of halogens is 8. The van der Waals surface area contributed by atoms with Crippen LogP contribution >= 0.6 is 23.2 Å². The molecule has 1 amide bonds. The van der Waals surface area contributed by atoms with Crippen molar-refractivity contribution in [1.82, 2.24) is 0 Å². The first kappa shape index (κ1) is 20.2. The molecule has 2 aromatic carbocycles. The minimum absolute atomic E-state index is 0.236. The second-order valence-electron chi connectivity index (χ2n) is 4.78. The number of carbonyl (C=O) groups is 1. The summed E-state index contributed by atoms with van der Waals surface area (Å²) in [4.78, 5) is 12.0. The Kier molecular flexibility index (Phi) is 5.92. The van der Waals surface area contributed by atoms with Crippen molar-refractivity contribution in [3.05, 3.63) is 57.6 Å². The Balaban J connectivity index is 2.29. The summed E-state index contributed by atoms with van der Waals surface area (Å²) in [5, 5.41) is 0.781. The quantitative estimate of drug-likeness (QED) is 0.628. The molecular formula is C15H7Cl2F6NO2. The molecule has 0 atom stereocenters.